The molecule has 2 aromatic carbocycles. The first kappa shape index (κ1) is 17.1. The van der Waals surface area contributed by atoms with Gasteiger partial charge in [-0.25, -0.2) is 4.79 Å². The number of imide groups is 1. The number of carbonyl (C=O) groups excluding carboxylic acids is 3. The van der Waals surface area contributed by atoms with Gasteiger partial charge in [0.2, 0.25) is 5.91 Å². The number of likely N-dealkylation sites (N-methyl/N-ethyl adjacent to an activating group) is 1. The van der Waals surface area contributed by atoms with Gasteiger partial charge in [-0.05, 0) is 35.9 Å². The average molecular weight is 365 g/mol. The first-order chi connectivity index (χ1) is 13.0. The van der Waals surface area contributed by atoms with Crippen molar-refractivity contribution in [2.45, 2.75) is 12.5 Å². The Hall–Kier alpha value is -3.35. The molecule has 0 bridgehead atoms. The molecule has 0 spiro atoms. The lowest BCUT2D eigenvalue weighted by Crippen LogP contribution is -2.36. The van der Waals surface area contributed by atoms with E-state index < -0.39 is 6.03 Å². The Kier molecular flexibility index (Phi) is 4.27. The van der Waals surface area contributed by atoms with Gasteiger partial charge >= 0.3 is 6.03 Å². The van der Waals surface area contributed by atoms with Crippen LogP contribution in [0.2, 0.25) is 0 Å². The molecule has 7 nitrogen and oxygen atoms in total. The molecule has 2 aromatic rings. The molecule has 0 aromatic heterocycles. The van der Waals surface area contributed by atoms with Crippen LogP contribution >= 0.6 is 0 Å². The lowest BCUT2D eigenvalue weighted by Gasteiger charge is -2.21. The number of amides is 4. The van der Waals surface area contributed by atoms with Crippen LogP contribution in [0.3, 0.4) is 0 Å². The third kappa shape index (κ3) is 3.36. The van der Waals surface area contributed by atoms with Crippen LogP contribution < -0.4 is 15.0 Å². The third-order valence-corrected chi connectivity index (χ3v) is 4.76. The Labute approximate surface area is 156 Å². The molecule has 2 aliphatic heterocycles. The fourth-order valence-electron chi connectivity index (χ4n) is 3.40. The number of rotatable bonds is 4. The van der Waals surface area contributed by atoms with Gasteiger partial charge in [-0.3, -0.25) is 19.8 Å². The van der Waals surface area contributed by atoms with E-state index in [2.05, 4.69) is 5.32 Å². The van der Waals surface area contributed by atoms with Crippen LogP contribution in [0.15, 0.2) is 48.5 Å². The standard InChI is InChI=1S/C20H19N3O4/c1-22(11-16-10-14-4-2-3-5-17(14)27-16)19(25)13-6-8-15(9-7-13)23-12-18(24)21-20(23)26/h2-9,16H,10-12H2,1H3,(H,21,24,26)/t16-/m0/s1. The fourth-order valence-corrected chi connectivity index (χ4v) is 3.40. The number of fused-ring (bicyclic) bond motifs is 1. The van der Waals surface area contributed by atoms with E-state index in [1.54, 1.807) is 36.2 Å². The second-order valence-corrected chi connectivity index (χ2v) is 6.72. The number of hydrogen-bond donors (Lipinski definition) is 1. The summed E-state index contributed by atoms with van der Waals surface area (Å²) in [6.07, 6.45) is 0.722. The van der Waals surface area contributed by atoms with Crippen LogP contribution in [0.1, 0.15) is 15.9 Å². The van der Waals surface area contributed by atoms with Crippen molar-refractivity contribution in [1.82, 2.24) is 10.2 Å². The number of urea groups is 1. The molecular formula is C20H19N3O4. The minimum Gasteiger partial charge on any atom is -0.488 e. The number of ether oxygens (including phenoxy) is 1. The van der Waals surface area contributed by atoms with Crippen LogP contribution in [0.25, 0.3) is 0 Å². The number of anilines is 1. The summed E-state index contributed by atoms with van der Waals surface area (Å²) in [5, 5.41) is 2.23. The summed E-state index contributed by atoms with van der Waals surface area (Å²) in [5.74, 6) is 0.423. The van der Waals surface area contributed by atoms with Gasteiger partial charge in [0.05, 0.1) is 6.54 Å². The lowest BCUT2D eigenvalue weighted by molar-refractivity contribution is -0.117. The van der Waals surface area contributed by atoms with Gasteiger partial charge in [0.1, 0.15) is 18.4 Å². The molecule has 1 saturated heterocycles. The predicted molar refractivity (Wildman–Crippen MR) is 98.8 cm³/mol. The highest BCUT2D eigenvalue weighted by Crippen LogP contribution is 2.28. The van der Waals surface area contributed by atoms with E-state index in [9.17, 15) is 14.4 Å². The van der Waals surface area contributed by atoms with Crippen molar-refractivity contribution in [2.75, 3.05) is 25.0 Å². The third-order valence-electron chi connectivity index (χ3n) is 4.76. The number of nitrogens with one attached hydrogen (secondary N) is 1. The quantitative estimate of drug-likeness (QED) is 0.839. The normalized spacial score (nSPS) is 18.1. The van der Waals surface area contributed by atoms with Gasteiger partial charge in [0.25, 0.3) is 5.91 Å². The Morgan fingerprint density at radius 2 is 1.93 bits per heavy atom. The van der Waals surface area contributed by atoms with Crippen molar-refractivity contribution < 1.29 is 19.1 Å². The highest BCUT2D eigenvalue weighted by molar-refractivity contribution is 6.12. The molecule has 1 N–H and O–H groups in total. The summed E-state index contributed by atoms with van der Waals surface area (Å²) < 4.78 is 5.90. The molecular weight excluding hydrogens is 346 g/mol. The zero-order chi connectivity index (χ0) is 19.0. The molecule has 0 radical (unpaired) electrons. The van der Waals surface area contributed by atoms with E-state index in [1.807, 2.05) is 24.3 Å². The van der Waals surface area contributed by atoms with Crippen LogP contribution in [0.5, 0.6) is 5.75 Å². The summed E-state index contributed by atoms with van der Waals surface area (Å²) in [5.41, 5.74) is 2.25. The summed E-state index contributed by atoms with van der Waals surface area (Å²) >= 11 is 0. The summed E-state index contributed by atoms with van der Waals surface area (Å²) in [4.78, 5) is 38.7. The molecule has 1 fully saturated rings. The van der Waals surface area contributed by atoms with Gasteiger partial charge in [0.15, 0.2) is 0 Å². The highest BCUT2D eigenvalue weighted by atomic mass is 16.5. The van der Waals surface area contributed by atoms with Crippen LogP contribution in [-0.4, -0.2) is 49.0 Å². The summed E-state index contributed by atoms with van der Waals surface area (Å²) in [6.45, 7) is 0.476. The first-order valence-electron chi connectivity index (χ1n) is 8.73. The molecule has 1 atom stereocenters. The molecule has 2 heterocycles. The summed E-state index contributed by atoms with van der Waals surface area (Å²) in [7, 11) is 1.75. The van der Waals surface area contributed by atoms with Crippen LogP contribution in [0, 0.1) is 0 Å². The smallest absolute Gasteiger partial charge is 0.329 e. The predicted octanol–water partition coefficient (Wildman–Crippen LogP) is 1.82. The van der Waals surface area contributed by atoms with Crippen molar-refractivity contribution in [3.8, 4) is 5.75 Å². The number of para-hydroxylation sites is 1. The van der Waals surface area contributed by atoms with Gasteiger partial charge in [-0.1, -0.05) is 18.2 Å². The lowest BCUT2D eigenvalue weighted by atomic mass is 10.1. The number of benzene rings is 2. The van der Waals surface area contributed by atoms with Gasteiger partial charge in [0, 0.05) is 24.7 Å². The maximum absolute atomic E-state index is 12.7. The second kappa shape index (κ2) is 6.75. The minimum absolute atomic E-state index is 0.00833. The van der Waals surface area contributed by atoms with Crippen molar-refractivity contribution in [3.05, 3.63) is 59.7 Å². The largest absolute Gasteiger partial charge is 0.488 e. The Morgan fingerprint density at radius 1 is 1.19 bits per heavy atom. The molecule has 27 heavy (non-hydrogen) atoms. The van der Waals surface area contributed by atoms with Gasteiger partial charge in [-0.15, -0.1) is 0 Å². The fraction of sp³-hybridized carbons (Fsp3) is 0.250. The molecule has 0 saturated carbocycles. The van der Waals surface area contributed by atoms with Crippen molar-refractivity contribution in [2.24, 2.45) is 0 Å². The topological polar surface area (TPSA) is 79.0 Å². The van der Waals surface area contributed by atoms with Crippen LogP contribution in [-0.2, 0) is 11.2 Å². The number of hydrogen-bond acceptors (Lipinski definition) is 4. The molecule has 7 heteroatoms. The highest BCUT2D eigenvalue weighted by Gasteiger charge is 2.28. The maximum atomic E-state index is 12.7. The van der Waals surface area contributed by atoms with E-state index >= 15 is 0 Å². The Morgan fingerprint density at radius 3 is 2.59 bits per heavy atom. The van der Waals surface area contributed by atoms with Crippen LogP contribution in [0.4, 0.5) is 10.5 Å². The zero-order valence-corrected chi connectivity index (χ0v) is 14.8. The molecule has 4 amide bonds. The van der Waals surface area contributed by atoms with Gasteiger partial charge in [-0.2, -0.15) is 0 Å². The van der Waals surface area contributed by atoms with Crippen molar-refractivity contribution >= 4 is 23.5 Å². The molecule has 0 unspecified atom stereocenters. The van der Waals surface area contributed by atoms with E-state index in [-0.39, 0.29) is 24.5 Å². The van der Waals surface area contributed by atoms with Crippen molar-refractivity contribution in [3.63, 3.8) is 0 Å². The Balaban J connectivity index is 1.39. The molecule has 138 valence electrons. The molecule has 0 aliphatic carbocycles. The van der Waals surface area contributed by atoms with E-state index in [1.165, 1.54) is 4.90 Å². The van der Waals surface area contributed by atoms with Crippen molar-refractivity contribution in [1.29, 1.82) is 0 Å². The minimum atomic E-state index is -0.450. The molecule has 2 aliphatic rings. The number of carbonyl (C=O) groups is 3. The van der Waals surface area contributed by atoms with E-state index in [4.69, 9.17) is 4.74 Å². The summed E-state index contributed by atoms with van der Waals surface area (Å²) in [6, 6.07) is 14.1. The second-order valence-electron chi connectivity index (χ2n) is 6.72. The van der Waals surface area contributed by atoms with E-state index in [0.29, 0.717) is 17.8 Å². The SMILES string of the molecule is CN(C[C@@H]1Cc2ccccc2O1)C(=O)c1ccc(N2CC(=O)NC2=O)cc1. The monoisotopic (exact) mass is 365 g/mol. The Bertz CT molecular complexity index is 885. The first-order valence-corrected chi connectivity index (χ1v) is 8.73. The zero-order valence-electron chi connectivity index (χ0n) is 14.8. The van der Waals surface area contributed by atoms with E-state index in [0.717, 1.165) is 17.7 Å². The molecule has 4 rings (SSSR count). The van der Waals surface area contributed by atoms with Gasteiger partial charge < -0.3 is 9.64 Å². The number of nitrogens with zero attached hydrogens (tertiary/aromatic N) is 2. The maximum Gasteiger partial charge on any atom is 0.329 e. The average Bonchev–Trinajstić information content (AvgIpc) is 3.22.